The van der Waals surface area contributed by atoms with Crippen molar-refractivity contribution in [2.24, 2.45) is 0 Å². The monoisotopic (exact) mass is 262 g/mol. The second kappa shape index (κ2) is 8.78. The Morgan fingerprint density at radius 1 is 1.47 bits per heavy atom. The summed E-state index contributed by atoms with van der Waals surface area (Å²) >= 11 is 1.58. The van der Waals surface area contributed by atoms with Gasteiger partial charge in [-0.1, -0.05) is 13.3 Å². The maximum atomic E-state index is 12.1. The fraction of sp³-hybridized carbons (Fsp3) is 0.917. The van der Waals surface area contributed by atoms with Crippen LogP contribution in [-0.4, -0.2) is 60.2 Å². The normalized spacial score (nSPS) is 16.6. The van der Waals surface area contributed by atoms with Crippen LogP contribution in [0.4, 0.5) is 0 Å². The van der Waals surface area contributed by atoms with E-state index in [1.165, 1.54) is 0 Å². The first-order chi connectivity index (χ1) is 7.97. The van der Waals surface area contributed by atoms with Crippen molar-refractivity contribution in [2.45, 2.75) is 44.0 Å². The maximum Gasteiger partial charge on any atom is 0.237 e. The lowest BCUT2D eigenvalue weighted by Gasteiger charge is -2.27. The molecule has 0 fully saturated rings. The minimum atomic E-state index is -0.0800. The van der Waals surface area contributed by atoms with Crippen molar-refractivity contribution < 1.29 is 9.90 Å². The number of hydrogen-bond donors (Lipinski definition) is 2. The van der Waals surface area contributed by atoms with E-state index in [4.69, 9.17) is 0 Å². The van der Waals surface area contributed by atoms with Crippen molar-refractivity contribution in [1.82, 2.24) is 10.2 Å². The molecule has 17 heavy (non-hydrogen) atoms. The molecule has 0 spiro atoms. The first-order valence-electron chi connectivity index (χ1n) is 6.08. The van der Waals surface area contributed by atoms with E-state index in [1.807, 2.05) is 32.2 Å². The summed E-state index contributed by atoms with van der Waals surface area (Å²) in [5.41, 5.74) is 0. The van der Waals surface area contributed by atoms with E-state index in [0.717, 1.165) is 12.8 Å². The highest BCUT2D eigenvalue weighted by molar-refractivity contribution is 7.99. The molecule has 0 saturated heterocycles. The first-order valence-corrected chi connectivity index (χ1v) is 7.37. The van der Waals surface area contributed by atoms with Gasteiger partial charge in [-0.15, -0.1) is 0 Å². The summed E-state index contributed by atoms with van der Waals surface area (Å²) in [5, 5.41) is 12.2. The molecule has 0 aromatic carbocycles. The van der Waals surface area contributed by atoms with Crippen molar-refractivity contribution >= 4 is 17.7 Å². The lowest BCUT2D eigenvalue weighted by molar-refractivity contribution is -0.126. The minimum Gasteiger partial charge on any atom is -0.395 e. The molecule has 0 aliphatic rings. The van der Waals surface area contributed by atoms with Crippen LogP contribution in [0.1, 0.15) is 26.7 Å². The van der Waals surface area contributed by atoms with Crippen LogP contribution in [0.15, 0.2) is 0 Å². The molecule has 0 aromatic rings. The number of nitrogens with zero attached hydrogens (tertiary/aromatic N) is 1. The molecule has 102 valence electrons. The Bertz CT molecular complexity index is 221. The van der Waals surface area contributed by atoms with E-state index in [1.54, 1.807) is 11.8 Å². The predicted octanol–water partition coefficient (Wildman–Crippen LogP) is 0.945. The van der Waals surface area contributed by atoms with Gasteiger partial charge >= 0.3 is 0 Å². The van der Waals surface area contributed by atoms with Gasteiger partial charge in [0.05, 0.1) is 12.6 Å². The van der Waals surface area contributed by atoms with Crippen LogP contribution in [0.2, 0.25) is 0 Å². The number of likely N-dealkylation sites (N-methyl/N-ethyl adjacent to an activating group) is 1. The van der Waals surface area contributed by atoms with Gasteiger partial charge in [0.1, 0.15) is 0 Å². The third-order valence-corrected chi connectivity index (χ3v) is 4.06. The van der Waals surface area contributed by atoms with Gasteiger partial charge in [0.2, 0.25) is 5.91 Å². The lowest BCUT2D eigenvalue weighted by Crippen LogP contribution is -2.49. The van der Waals surface area contributed by atoms with Crippen molar-refractivity contribution in [3.8, 4) is 0 Å². The number of thioether (sulfide) groups is 1. The second-order valence-corrected chi connectivity index (χ2v) is 5.60. The van der Waals surface area contributed by atoms with Crippen LogP contribution in [0.25, 0.3) is 0 Å². The number of hydrogen-bond acceptors (Lipinski definition) is 4. The molecule has 4 nitrogen and oxygen atoms in total. The van der Waals surface area contributed by atoms with E-state index in [0.29, 0.717) is 0 Å². The first kappa shape index (κ1) is 16.7. The van der Waals surface area contributed by atoms with Crippen LogP contribution in [0.5, 0.6) is 0 Å². The van der Waals surface area contributed by atoms with E-state index < -0.39 is 0 Å². The van der Waals surface area contributed by atoms with Gasteiger partial charge in [-0.2, -0.15) is 11.8 Å². The average Bonchev–Trinajstić information content (AvgIpc) is 2.26. The van der Waals surface area contributed by atoms with E-state index in [-0.39, 0.29) is 29.8 Å². The third-order valence-electron chi connectivity index (χ3n) is 2.90. The van der Waals surface area contributed by atoms with Gasteiger partial charge in [-0.05, 0) is 33.7 Å². The standard InChI is InChI=1S/C12H26N2O2S/c1-6-7-10(14(3)4)12(16)13-9(2)11(8-15)17-5/h9-11,15H,6-8H2,1-5H3,(H,13,16). The molecule has 0 aromatic heterocycles. The van der Waals surface area contributed by atoms with Crippen molar-refractivity contribution in [3.05, 3.63) is 0 Å². The third kappa shape index (κ3) is 5.75. The van der Waals surface area contributed by atoms with Crippen molar-refractivity contribution in [2.75, 3.05) is 27.0 Å². The molecule has 0 aliphatic heterocycles. The van der Waals surface area contributed by atoms with E-state index >= 15 is 0 Å². The Morgan fingerprint density at radius 2 is 2.06 bits per heavy atom. The predicted molar refractivity (Wildman–Crippen MR) is 74.4 cm³/mol. The largest absolute Gasteiger partial charge is 0.395 e. The molecule has 3 unspecified atom stereocenters. The van der Waals surface area contributed by atoms with Crippen LogP contribution in [0.3, 0.4) is 0 Å². The Balaban J connectivity index is 4.38. The van der Waals surface area contributed by atoms with E-state index in [9.17, 15) is 9.90 Å². The summed E-state index contributed by atoms with van der Waals surface area (Å²) < 4.78 is 0. The zero-order valence-corrected chi connectivity index (χ0v) is 12.4. The van der Waals surface area contributed by atoms with Gasteiger partial charge in [0.15, 0.2) is 0 Å². The minimum absolute atomic E-state index is 0.0122. The number of carbonyl (C=O) groups is 1. The Kier molecular flexibility index (Phi) is 8.64. The van der Waals surface area contributed by atoms with Gasteiger partial charge in [-0.3, -0.25) is 9.69 Å². The van der Waals surface area contributed by atoms with Crippen LogP contribution in [-0.2, 0) is 4.79 Å². The fourth-order valence-electron chi connectivity index (χ4n) is 1.75. The Labute approximate surface area is 109 Å². The number of rotatable bonds is 8. The average molecular weight is 262 g/mol. The second-order valence-electron chi connectivity index (χ2n) is 4.52. The zero-order chi connectivity index (χ0) is 13.4. The maximum absolute atomic E-state index is 12.1. The lowest BCUT2D eigenvalue weighted by atomic mass is 10.1. The van der Waals surface area contributed by atoms with Gasteiger partial charge in [0, 0.05) is 11.3 Å². The molecule has 0 rings (SSSR count). The topological polar surface area (TPSA) is 52.6 Å². The highest BCUT2D eigenvalue weighted by Crippen LogP contribution is 2.11. The van der Waals surface area contributed by atoms with Crippen LogP contribution in [0, 0.1) is 0 Å². The van der Waals surface area contributed by atoms with Gasteiger partial charge < -0.3 is 10.4 Å². The molecular formula is C12H26N2O2S. The molecule has 0 heterocycles. The summed E-state index contributed by atoms with van der Waals surface area (Å²) in [6.45, 7) is 4.10. The highest BCUT2D eigenvalue weighted by Gasteiger charge is 2.24. The number of aliphatic hydroxyl groups excluding tert-OH is 1. The number of carbonyl (C=O) groups excluding carboxylic acids is 1. The Hall–Kier alpha value is -0.260. The summed E-state index contributed by atoms with van der Waals surface area (Å²) in [5.74, 6) is 0.0526. The molecular weight excluding hydrogens is 236 g/mol. The van der Waals surface area contributed by atoms with E-state index in [2.05, 4.69) is 12.2 Å². The zero-order valence-electron chi connectivity index (χ0n) is 11.6. The van der Waals surface area contributed by atoms with Crippen molar-refractivity contribution in [3.63, 3.8) is 0 Å². The quantitative estimate of drug-likeness (QED) is 0.684. The number of nitrogens with one attached hydrogen (secondary N) is 1. The molecule has 0 radical (unpaired) electrons. The molecule has 0 saturated carbocycles. The Morgan fingerprint density at radius 3 is 2.41 bits per heavy atom. The summed E-state index contributed by atoms with van der Waals surface area (Å²) in [6.07, 6.45) is 3.78. The highest BCUT2D eigenvalue weighted by atomic mass is 32.2. The SMILES string of the molecule is CCCC(C(=O)NC(C)C(CO)SC)N(C)C. The summed E-state index contributed by atoms with van der Waals surface area (Å²) in [6, 6.07) is -0.0922. The summed E-state index contributed by atoms with van der Waals surface area (Å²) in [4.78, 5) is 14.0. The number of amides is 1. The molecule has 0 aliphatic carbocycles. The molecule has 5 heteroatoms. The molecule has 2 N–H and O–H groups in total. The van der Waals surface area contributed by atoms with Gasteiger partial charge in [0.25, 0.3) is 0 Å². The van der Waals surface area contributed by atoms with Crippen LogP contribution >= 0.6 is 11.8 Å². The molecule has 3 atom stereocenters. The fourth-order valence-corrected chi connectivity index (χ4v) is 2.37. The smallest absolute Gasteiger partial charge is 0.237 e. The molecule has 1 amide bonds. The molecule has 0 bridgehead atoms. The van der Waals surface area contributed by atoms with Crippen molar-refractivity contribution in [1.29, 1.82) is 0 Å². The number of aliphatic hydroxyl groups is 1. The van der Waals surface area contributed by atoms with Crippen LogP contribution < -0.4 is 5.32 Å². The summed E-state index contributed by atoms with van der Waals surface area (Å²) in [7, 11) is 3.84. The van der Waals surface area contributed by atoms with Gasteiger partial charge in [-0.25, -0.2) is 0 Å².